The summed E-state index contributed by atoms with van der Waals surface area (Å²) in [6.07, 6.45) is 11.5. The van der Waals surface area contributed by atoms with Crippen LogP contribution in [0.2, 0.25) is 0 Å². The summed E-state index contributed by atoms with van der Waals surface area (Å²) >= 11 is 0. The normalized spacial score (nSPS) is 30.8. The van der Waals surface area contributed by atoms with Crippen molar-refractivity contribution in [3.63, 3.8) is 0 Å². The lowest BCUT2D eigenvalue weighted by Crippen LogP contribution is -2.54. The van der Waals surface area contributed by atoms with E-state index in [0.29, 0.717) is 13.1 Å². The first-order chi connectivity index (χ1) is 16.1. The number of rotatable bonds is 9. The number of ether oxygens (including phenoxy) is 1. The fraction of sp³-hybridized carbons (Fsp3) is 0.731. The van der Waals surface area contributed by atoms with Gasteiger partial charge in [0.1, 0.15) is 0 Å². The largest absolute Gasteiger partial charge is 0.379 e. The summed E-state index contributed by atoms with van der Waals surface area (Å²) in [5.41, 5.74) is 0.860. The third-order valence-electron chi connectivity index (χ3n) is 8.40. The summed E-state index contributed by atoms with van der Waals surface area (Å²) in [5, 5.41) is 3.08. The van der Waals surface area contributed by atoms with Gasteiger partial charge in [0.15, 0.2) is 0 Å². The Morgan fingerprint density at radius 3 is 2.33 bits per heavy atom. The number of carbonyl (C=O) groups excluding carboxylic acids is 2. The maximum absolute atomic E-state index is 13.3. The molecule has 5 aliphatic rings. The predicted octanol–water partition coefficient (Wildman–Crippen LogP) is 2.47. The zero-order valence-corrected chi connectivity index (χ0v) is 19.7. The number of amides is 2. The van der Waals surface area contributed by atoms with E-state index in [2.05, 4.69) is 15.2 Å². The van der Waals surface area contributed by atoms with E-state index >= 15 is 0 Å². The lowest BCUT2D eigenvalue weighted by atomic mass is 9.49. The molecule has 4 aliphatic carbocycles. The first kappa shape index (κ1) is 22.8. The summed E-state index contributed by atoms with van der Waals surface area (Å²) in [6, 6.07) is 3.91. The molecule has 5 fully saturated rings. The Labute approximate surface area is 197 Å². The van der Waals surface area contributed by atoms with Crippen LogP contribution in [-0.4, -0.2) is 72.5 Å². The van der Waals surface area contributed by atoms with Crippen molar-refractivity contribution in [2.24, 2.45) is 23.2 Å². The SMILES string of the molecule is O=C(CNC(=O)C12CC3CC(CC(C3)C1)C2)N(CCCN1CCOCC1)Cc1ccncc1. The average molecular weight is 455 g/mol. The van der Waals surface area contributed by atoms with E-state index in [9.17, 15) is 9.59 Å². The molecule has 2 heterocycles. The van der Waals surface area contributed by atoms with Crippen LogP contribution >= 0.6 is 0 Å². The summed E-state index contributed by atoms with van der Waals surface area (Å²) in [5.74, 6) is 2.31. The standard InChI is InChI=1S/C26H38N4O3/c31-24(18-28-25(32)26-15-21-12-22(16-26)14-23(13-21)17-26)30(19-20-2-4-27-5-3-20)7-1-6-29-8-10-33-11-9-29/h2-5,21-23H,1,6-19H2,(H,28,32). The molecule has 7 heteroatoms. The minimum atomic E-state index is -0.207. The van der Waals surface area contributed by atoms with E-state index in [-0.39, 0.29) is 23.8 Å². The Kier molecular flexibility index (Phi) is 6.97. The minimum absolute atomic E-state index is 0.00636. The van der Waals surface area contributed by atoms with Gasteiger partial charge in [-0.1, -0.05) is 0 Å². The molecule has 1 N–H and O–H groups in total. The van der Waals surface area contributed by atoms with Crippen molar-refractivity contribution in [2.75, 3.05) is 45.9 Å². The van der Waals surface area contributed by atoms with Crippen molar-refractivity contribution in [1.82, 2.24) is 20.1 Å². The molecule has 33 heavy (non-hydrogen) atoms. The predicted molar refractivity (Wildman–Crippen MR) is 125 cm³/mol. The van der Waals surface area contributed by atoms with E-state index < -0.39 is 0 Å². The number of aromatic nitrogens is 1. The van der Waals surface area contributed by atoms with Crippen LogP contribution in [0, 0.1) is 23.2 Å². The summed E-state index contributed by atoms with van der Waals surface area (Å²) in [6.45, 7) is 5.79. The lowest BCUT2D eigenvalue weighted by Gasteiger charge is -2.55. The van der Waals surface area contributed by atoms with Crippen LogP contribution in [-0.2, 0) is 20.9 Å². The van der Waals surface area contributed by atoms with Crippen LogP contribution in [0.3, 0.4) is 0 Å². The monoisotopic (exact) mass is 454 g/mol. The topological polar surface area (TPSA) is 74.8 Å². The van der Waals surface area contributed by atoms with Crippen molar-refractivity contribution in [3.05, 3.63) is 30.1 Å². The molecule has 0 radical (unpaired) electrons. The second-order valence-electron chi connectivity index (χ2n) is 10.9. The van der Waals surface area contributed by atoms with Crippen molar-refractivity contribution < 1.29 is 14.3 Å². The maximum Gasteiger partial charge on any atom is 0.242 e. The van der Waals surface area contributed by atoms with Crippen molar-refractivity contribution >= 4 is 11.8 Å². The van der Waals surface area contributed by atoms with Crippen LogP contribution in [0.4, 0.5) is 0 Å². The minimum Gasteiger partial charge on any atom is -0.379 e. The Morgan fingerprint density at radius 2 is 1.70 bits per heavy atom. The molecule has 4 bridgehead atoms. The van der Waals surface area contributed by atoms with Crippen molar-refractivity contribution in [2.45, 2.75) is 51.5 Å². The Balaban J connectivity index is 1.16. The molecule has 0 aromatic carbocycles. The van der Waals surface area contributed by atoms with Crippen LogP contribution in [0.5, 0.6) is 0 Å². The number of pyridine rings is 1. The molecular weight excluding hydrogens is 416 g/mol. The van der Waals surface area contributed by atoms with Gasteiger partial charge in [-0.15, -0.1) is 0 Å². The molecule has 6 rings (SSSR count). The third-order valence-corrected chi connectivity index (χ3v) is 8.40. The molecular formula is C26H38N4O3. The van der Waals surface area contributed by atoms with Crippen LogP contribution in [0.1, 0.15) is 50.5 Å². The molecule has 1 aromatic rings. The van der Waals surface area contributed by atoms with Gasteiger partial charge < -0.3 is 15.0 Å². The highest BCUT2D eigenvalue weighted by molar-refractivity contribution is 5.88. The highest BCUT2D eigenvalue weighted by Crippen LogP contribution is 2.60. The molecule has 1 aliphatic heterocycles. The first-order valence-corrected chi connectivity index (χ1v) is 12.8. The molecule has 1 saturated heterocycles. The fourth-order valence-electron chi connectivity index (χ4n) is 7.15. The zero-order valence-electron chi connectivity index (χ0n) is 19.7. The third kappa shape index (κ3) is 5.40. The van der Waals surface area contributed by atoms with Gasteiger partial charge in [-0.25, -0.2) is 0 Å². The van der Waals surface area contributed by atoms with Crippen LogP contribution in [0.15, 0.2) is 24.5 Å². The first-order valence-electron chi connectivity index (χ1n) is 12.8. The Hall–Kier alpha value is -1.99. The van der Waals surface area contributed by atoms with Crippen molar-refractivity contribution in [1.29, 1.82) is 0 Å². The van der Waals surface area contributed by atoms with Gasteiger partial charge in [-0.3, -0.25) is 19.5 Å². The molecule has 0 unspecified atom stereocenters. The smallest absolute Gasteiger partial charge is 0.242 e. The Morgan fingerprint density at radius 1 is 1.06 bits per heavy atom. The number of hydrogen-bond acceptors (Lipinski definition) is 5. The highest BCUT2D eigenvalue weighted by atomic mass is 16.5. The zero-order chi connectivity index (χ0) is 22.7. The number of morpholine rings is 1. The van der Waals surface area contributed by atoms with Gasteiger partial charge in [0, 0.05) is 50.5 Å². The maximum atomic E-state index is 13.3. The molecule has 180 valence electrons. The lowest BCUT2D eigenvalue weighted by molar-refractivity contribution is -0.148. The van der Waals surface area contributed by atoms with E-state index in [1.807, 2.05) is 17.0 Å². The fourth-order valence-corrected chi connectivity index (χ4v) is 7.15. The number of nitrogens with one attached hydrogen (secondary N) is 1. The highest BCUT2D eigenvalue weighted by Gasteiger charge is 2.54. The molecule has 0 spiro atoms. The summed E-state index contributed by atoms with van der Waals surface area (Å²) < 4.78 is 5.43. The molecule has 1 aromatic heterocycles. The van der Waals surface area contributed by atoms with Gasteiger partial charge >= 0.3 is 0 Å². The van der Waals surface area contributed by atoms with Gasteiger partial charge in [0.25, 0.3) is 0 Å². The van der Waals surface area contributed by atoms with Crippen LogP contribution in [0.25, 0.3) is 0 Å². The Bertz CT molecular complexity index is 789. The number of carbonyl (C=O) groups is 2. The second-order valence-corrected chi connectivity index (χ2v) is 10.9. The quantitative estimate of drug-likeness (QED) is 0.621. The van der Waals surface area contributed by atoms with Crippen LogP contribution < -0.4 is 5.32 Å². The second kappa shape index (κ2) is 10.1. The molecule has 7 nitrogen and oxygen atoms in total. The van der Waals surface area contributed by atoms with Crippen molar-refractivity contribution in [3.8, 4) is 0 Å². The summed E-state index contributed by atoms with van der Waals surface area (Å²) in [7, 11) is 0. The number of hydrogen-bond donors (Lipinski definition) is 1. The molecule has 0 atom stereocenters. The molecule has 4 saturated carbocycles. The van der Waals surface area contributed by atoms with E-state index in [4.69, 9.17) is 4.74 Å². The molecule has 2 amide bonds. The van der Waals surface area contributed by atoms with Gasteiger partial charge in [0.2, 0.25) is 11.8 Å². The summed E-state index contributed by atoms with van der Waals surface area (Å²) in [4.78, 5) is 34.9. The van der Waals surface area contributed by atoms with E-state index in [0.717, 1.165) is 81.8 Å². The average Bonchev–Trinajstić information content (AvgIpc) is 2.82. The van der Waals surface area contributed by atoms with E-state index in [1.54, 1.807) is 12.4 Å². The van der Waals surface area contributed by atoms with Gasteiger partial charge in [-0.2, -0.15) is 0 Å². The van der Waals surface area contributed by atoms with Gasteiger partial charge in [-0.05, 0) is 80.4 Å². The van der Waals surface area contributed by atoms with Gasteiger partial charge in [0.05, 0.1) is 19.8 Å². The van der Waals surface area contributed by atoms with E-state index in [1.165, 1.54) is 19.3 Å². The number of nitrogens with zero attached hydrogens (tertiary/aromatic N) is 3.